The fourth-order valence-corrected chi connectivity index (χ4v) is 3.27. The summed E-state index contributed by atoms with van der Waals surface area (Å²) in [7, 11) is 0. The van der Waals surface area contributed by atoms with Crippen LogP contribution in [0, 0.1) is 0 Å². The molecule has 0 saturated heterocycles. The summed E-state index contributed by atoms with van der Waals surface area (Å²) in [5.74, 6) is -0.266. The maximum Gasteiger partial charge on any atom is 0.267 e. The summed E-state index contributed by atoms with van der Waals surface area (Å²) in [5.41, 5.74) is 2.74. The van der Waals surface area contributed by atoms with Crippen molar-refractivity contribution >= 4 is 28.4 Å². The fraction of sp³-hybridized carbons (Fsp3) is 0.211. The standard InChI is InChI=1S/C19H18N4O2/c1-12-6-8-21-19(25)17-9-13-4-5-14(10-16(13)23(12)17)18(24)22-15-3-2-7-20-11-15/h2-5,7,9-12H,6,8H2,1H3,(H,21,25)(H,22,24)/t12-/m0/s1. The van der Waals surface area contributed by atoms with E-state index >= 15 is 0 Å². The number of hydrogen-bond donors (Lipinski definition) is 2. The SMILES string of the molecule is C[C@H]1CCNC(=O)c2cc3ccc(C(=O)Nc4cccnc4)cc3n21. The van der Waals surface area contributed by atoms with Crippen LogP contribution in [0.5, 0.6) is 0 Å². The summed E-state index contributed by atoms with van der Waals surface area (Å²) in [6, 6.07) is 11.1. The molecule has 6 heteroatoms. The Bertz CT molecular complexity index is 962. The van der Waals surface area contributed by atoms with Gasteiger partial charge in [0.15, 0.2) is 0 Å². The van der Waals surface area contributed by atoms with Gasteiger partial charge in [-0.3, -0.25) is 14.6 Å². The van der Waals surface area contributed by atoms with Gasteiger partial charge in [-0.05, 0) is 43.7 Å². The van der Waals surface area contributed by atoms with Crippen LogP contribution in [0.25, 0.3) is 10.9 Å². The predicted molar refractivity (Wildman–Crippen MR) is 95.8 cm³/mol. The van der Waals surface area contributed by atoms with E-state index in [0.29, 0.717) is 23.5 Å². The van der Waals surface area contributed by atoms with Crippen LogP contribution in [0.3, 0.4) is 0 Å². The zero-order valence-electron chi connectivity index (χ0n) is 13.8. The Morgan fingerprint density at radius 3 is 3.00 bits per heavy atom. The van der Waals surface area contributed by atoms with Gasteiger partial charge in [-0.15, -0.1) is 0 Å². The summed E-state index contributed by atoms with van der Waals surface area (Å²) in [6.07, 6.45) is 4.12. The second kappa shape index (κ2) is 6.05. The third kappa shape index (κ3) is 2.76. The van der Waals surface area contributed by atoms with Crippen LogP contribution >= 0.6 is 0 Å². The average molecular weight is 334 g/mol. The Hall–Kier alpha value is -3.15. The molecule has 1 aliphatic heterocycles. The molecule has 1 atom stereocenters. The van der Waals surface area contributed by atoms with Gasteiger partial charge in [0.05, 0.1) is 11.9 Å². The Morgan fingerprint density at radius 1 is 1.32 bits per heavy atom. The van der Waals surface area contributed by atoms with Gasteiger partial charge in [-0.1, -0.05) is 6.07 Å². The number of pyridine rings is 1. The zero-order valence-corrected chi connectivity index (χ0v) is 13.8. The van der Waals surface area contributed by atoms with Gasteiger partial charge in [0.1, 0.15) is 5.69 Å². The zero-order chi connectivity index (χ0) is 17.4. The molecule has 0 unspecified atom stereocenters. The fourth-order valence-electron chi connectivity index (χ4n) is 3.27. The smallest absolute Gasteiger partial charge is 0.267 e. The van der Waals surface area contributed by atoms with Crippen molar-refractivity contribution in [1.82, 2.24) is 14.9 Å². The first-order chi connectivity index (χ1) is 12.1. The number of nitrogens with one attached hydrogen (secondary N) is 2. The highest BCUT2D eigenvalue weighted by atomic mass is 16.2. The predicted octanol–water partition coefficient (Wildman–Crippen LogP) is 2.98. The van der Waals surface area contributed by atoms with Gasteiger partial charge in [0, 0.05) is 35.2 Å². The minimum atomic E-state index is -0.198. The highest BCUT2D eigenvalue weighted by Crippen LogP contribution is 2.28. The minimum absolute atomic E-state index is 0.0677. The molecular weight excluding hydrogens is 316 g/mol. The van der Waals surface area contributed by atoms with Gasteiger partial charge in [0.2, 0.25) is 0 Å². The van der Waals surface area contributed by atoms with Gasteiger partial charge in [0.25, 0.3) is 11.8 Å². The van der Waals surface area contributed by atoms with Crippen LogP contribution in [0.2, 0.25) is 0 Å². The van der Waals surface area contributed by atoms with Crippen molar-refractivity contribution in [2.45, 2.75) is 19.4 Å². The van der Waals surface area contributed by atoms with Crippen LogP contribution in [-0.2, 0) is 0 Å². The Balaban J connectivity index is 1.75. The van der Waals surface area contributed by atoms with Gasteiger partial charge < -0.3 is 15.2 Å². The van der Waals surface area contributed by atoms with Crippen LogP contribution in [-0.4, -0.2) is 27.9 Å². The van der Waals surface area contributed by atoms with Crippen LogP contribution in [0.15, 0.2) is 48.8 Å². The van der Waals surface area contributed by atoms with E-state index < -0.39 is 0 Å². The number of amides is 2. The molecule has 6 nitrogen and oxygen atoms in total. The van der Waals surface area contributed by atoms with Crippen LogP contribution in [0.1, 0.15) is 40.2 Å². The molecule has 3 aromatic rings. The van der Waals surface area contributed by atoms with E-state index in [1.54, 1.807) is 30.6 Å². The maximum absolute atomic E-state index is 12.5. The Morgan fingerprint density at radius 2 is 2.20 bits per heavy atom. The van der Waals surface area contributed by atoms with E-state index in [-0.39, 0.29) is 17.9 Å². The molecule has 2 aromatic heterocycles. The van der Waals surface area contributed by atoms with Crippen LogP contribution in [0.4, 0.5) is 5.69 Å². The molecule has 2 amide bonds. The lowest BCUT2D eigenvalue weighted by Crippen LogP contribution is -2.22. The van der Waals surface area contributed by atoms with Gasteiger partial charge in [-0.25, -0.2) is 0 Å². The van der Waals surface area contributed by atoms with E-state index in [4.69, 9.17) is 0 Å². The third-order valence-corrected chi connectivity index (χ3v) is 4.54. The number of rotatable bonds is 2. The molecular formula is C19H18N4O2. The molecule has 1 aromatic carbocycles. The number of carbonyl (C=O) groups excluding carboxylic acids is 2. The van der Waals surface area contributed by atoms with Crippen molar-refractivity contribution in [1.29, 1.82) is 0 Å². The first-order valence-electron chi connectivity index (χ1n) is 8.28. The summed E-state index contributed by atoms with van der Waals surface area (Å²) in [5, 5.41) is 6.71. The Labute approximate surface area is 144 Å². The lowest BCUT2D eigenvalue weighted by atomic mass is 10.1. The van der Waals surface area contributed by atoms with Crippen LogP contribution < -0.4 is 10.6 Å². The summed E-state index contributed by atoms with van der Waals surface area (Å²) >= 11 is 0. The van der Waals surface area contributed by atoms with E-state index in [2.05, 4.69) is 22.5 Å². The second-order valence-electron chi connectivity index (χ2n) is 6.26. The molecule has 0 radical (unpaired) electrons. The molecule has 0 aliphatic carbocycles. The van der Waals surface area contributed by atoms with E-state index in [9.17, 15) is 9.59 Å². The molecule has 0 bridgehead atoms. The van der Waals surface area contributed by atoms with Crippen molar-refractivity contribution in [3.8, 4) is 0 Å². The topological polar surface area (TPSA) is 76.0 Å². The number of carbonyl (C=O) groups is 2. The number of anilines is 1. The van der Waals surface area contributed by atoms with Crippen molar-refractivity contribution in [2.24, 2.45) is 0 Å². The normalized spacial score (nSPS) is 16.8. The van der Waals surface area contributed by atoms with Gasteiger partial charge in [-0.2, -0.15) is 0 Å². The largest absolute Gasteiger partial charge is 0.351 e. The highest BCUT2D eigenvalue weighted by molar-refractivity contribution is 6.07. The molecule has 25 heavy (non-hydrogen) atoms. The van der Waals surface area contributed by atoms with E-state index in [1.807, 2.05) is 22.8 Å². The molecule has 2 N–H and O–H groups in total. The Kier molecular flexibility index (Phi) is 3.72. The molecule has 0 fully saturated rings. The molecule has 126 valence electrons. The molecule has 3 heterocycles. The summed E-state index contributed by atoms with van der Waals surface area (Å²) < 4.78 is 2.03. The lowest BCUT2D eigenvalue weighted by molar-refractivity contribution is 0.0950. The number of nitrogens with zero attached hydrogens (tertiary/aromatic N) is 2. The van der Waals surface area contributed by atoms with E-state index in [1.165, 1.54) is 0 Å². The van der Waals surface area contributed by atoms with Crippen molar-refractivity contribution in [3.05, 3.63) is 60.0 Å². The molecule has 1 aliphatic rings. The van der Waals surface area contributed by atoms with Crippen molar-refractivity contribution in [3.63, 3.8) is 0 Å². The molecule has 0 saturated carbocycles. The second-order valence-corrected chi connectivity index (χ2v) is 6.26. The number of benzene rings is 1. The first-order valence-corrected chi connectivity index (χ1v) is 8.28. The molecule has 0 spiro atoms. The number of fused-ring (bicyclic) bond motifs is 3. The molecule has 4 rings (SSSR count). The monoisotopic (exact) mass is 334 g/mol. The number of hydrogen-bond acceptors (Lipinski definition) is 3. The van der Waals surface area contributed by atoms with Crippen molar-refractivity contribution in [2.75, 3.05) is 11.9 Å². The average Bonchev–Trinajstić information content (AvgIpc) is 2.94. The van der Waals surface area contributed by atoms with Gasteiger partial charge >= 0.3 is 0 Å². The first kappa shape index (κ1) is 15.4. The highest BCUT2D eigenvalue weighted by Gasteiger charge is 2.23. The minimum Gasteiger partial charge on any atom is -0.351 e. The quantitative estimate of drug-likeness (QED) is 0.756. The third-order valence-electron chi connectivity index (χ3n) is 4.54. The lowest BCUT2D eigenvalue weighted by Gasteiger charge is -2.14. The maximum atomic E-state index is 12.5. The number of aromatic nitrogens is 2. The van der Waals surface area contributed by atoms with Crippen molar-refractivity contribution < 1.29 is 9.59 Å². The summed E-state index contributed by atoms with van der Waals surface area (Å²) in [4.78, 5) is 28.8. The van der Waals surface area contributed by atoms with E-state index in [0.717, 1.165) is 17.3 Å². The summed E-state index contributed by atoms with van der Waals surface area (Å²) in [6.45, 7) is 2.75.